The van der Waals surface area contributed by atoms with Crippen LogP contribution in [0.2, 0.25) is 0 Å². The van der Waals surface area contributed by atoms with Crippen LogP contribution >= 0.6 is 0 Å². The molecule has 0 nitrogen and oxygen atoms in total. The topological polar surface area (TPSA) is 0 Å². The summed E-state index contributed by atoms with van der Waals surface area (Å²) in [6, 6.07) is 0. The van der Waals surface area contributed by atoms with Gasteiger partial charge in [0.2, 0.25) is 0 Å². The first-order valence-corrected chi connectivity index (χ1v) is 7.14. The van der Waals surface area contributed by atoms with Gasteiger partial charge in [0.05, 0.1) is 0 Å². The van der Waals surface area contributed by atoms with E-state index in [-0.39, 0.29) is 6.90 Å². The molecule has 0 N–H and O–H groups in total. The molecule has 0 saturated carbocycles. The normalized spacial score (nSPS) is 4.31. The van der Waals surface area contributed by atoms with Gasteiger partial charge in [0.25, 0.3) is 0 Å². The van der Waals surface area contributed by atoms with Gasteiger partial charge in [0.1, 0.15) is 0 Å². The molecular weight excluding hydrogens is 348 g/mol. The second-order valence-electron chi connectivity index (χ2n) is 3.45. The van der Waals surface area contributed by atoms with Gasteiger partial charge in [-0.15, -0.1) is 6.42 Å². The van der Waals surface area contributed by atoms with Gasteiger partial charge in [0, 0.05) is 60.6 Å². The Labute approximate surface area is 174 Å². The highest BCUT2D eigenvalue weighted by Crippen LogP contribution is 1.59. The van der Waals surface area contributed by atoms with Crippen LogP contribution in [0.15, 0.2) is 0 Å². The molecule has 0 unspecified atom stereocenters. The molecule has 0 aliphatic rings. The summed E-state index contributed by atoms with van der Waals surface area (Å²) in [6.45, 7) is 0.0122. The zero-order chi connectivity index (χ0) is 21.8. The summed E-state index contributed by atoms with van der Waals surface area (Å²) >= 11 is 0. The van der Waals surface area contributed by atoms with Crippen LogP contribution in [0.25, 0.3) is 0 Å². The van der Waals surface area contributed by atoms with Crippen LogP contribution in [0, 0.1) is 166 Å². The van der Waals surface area contributed by atoms with Crippen molar-refractivity contribution in [2.75, 3.05) is 0 Å². The zero-order valence-corrected chi connectivity index (χ0v) is 14.8. The van der Waals surface area contributed by atoms with Gasteiger partial charge in [-0.1, -0.05) is 5.92 Å². The smallest absolute Gasteiger partial charge is 0.0366 e. The summed E-state index contributed by atoms with van der Waals surface area (Å²) in [5, 5.41) is 0. The number of terminal acetylenes is 1. The molecule has 0 saturated heterocycles. The Bertz CT molecular complexity index is 1540. The van der Waals surface area contributed by atoms with E-state index in [4.69, 9.17) is 7.79 Å². The molecule has 0 aromatic heterocycles. The first-order valence-electron chi connectivity index (χ1n) is 7.85. The van der Waals surface area contributed by atoms with Gasteiger partial charge in [-0.2, -0.15) is 0 Å². The van der Waals surface area contributed by atoms with Crippen molar-refractivity contribution in [1.29, 1.82) is 0 Å². The Kier molecular flexibility index (Phi) is 15.7. The molecule has 0 radical (unpaired) electrons. The summed E-state index contributed by atoms with van der Waals surface area (Å²) in [5.41, 5.74) is 0. The third kappa shape index (κ3) is 21.8. The highest BCUT2D eigenvalue weighted by molar-refractivity contribution is 5.48. The van der Waals surface area contributed by atoms with E-state index in [0.29, 0.717) is 0 Å². The van der Waals surface area contributed by atoms with Crippen molar-refractivity contribution < 1.29 is 1.37 Å². The average Bonchev–Trinajstić information content (AvgIpc) is 2.76. The third-order valence-electron chi connectivity index (χ3n) is 1.66. The van der Waals surface area contributed by atoms with Gasteiger partial charge in [-0.05, 0) is 102 Å². The molecule has 0 aliphatic carbocycles. The monoisotopic (exact) mass is 354 g/mol. The number of hydrogen-bond acceptors (Lipinski definition) is 0. The van der Waals surface area contributed by atoms with E-state index >= 15 is 0 Å². The van der Waals surface area contributed by atoms with Crippen molar-refractivity contribution in [3.8, 4) is 166 Å². The molecule has 0 aromatic rings. The minimum Gasteiger partial charge on any atom is -0.106 e. The maximum atomic E-state index is 6.78. The molecule has 29 heavy (non-hydrogen) atoms. The van der Waals surface area contributed by atoms with E-state index in [0.717, 1.165) is 0 Å². The molecule has 0 aliphatic heterocycles. The Morgan fingerprint density at radius 1 is 0.345 bits per heavy atom. The summed E-state index contributed by atoms with van der Waals surface area (Å²) in [5.74, 6) is 66.3. The van der Waals surface area contributed by atoms with Gasteiger partial charge in [0.15, 0.2) is 0 Å². The summed E-state index contributed by atoms with van der Waals surface area (Å²) in [6.07, 6.45) is 4.92. The molecule has 0 fully saturated rings. The fraction of sp³-hybridized carbons (Fsp3) is 0.0345. The minimum atomic E-state index is 0.0122. The summed E-state index contributed by atoms with van der Waals surface area (Å²) in [4.78, 5) is 0. The Morgan fingerprint density at radius 2 is 0.552 bits per heavy atom. The molecule has 0 bridgehead atoms. The fourth-order valence-electron chi connectivity index (χ4n) is 0.799. The van der Waals surface area contributed by atoms with Crippen LogP contribution in [0.3, 0.4) is 0 Å². The van der Waals surface area contributed by atoms with Gasteiger partial charge in [-0.25, -0.2) is 0 Å². The van der Waals surface area contributed by atoms with Crippen LogP contribution in [-0.4, -0.2) is 0 Å². The lowest BCUT2D eigenvalue weighted by molar-refractivity contribution is 1.92. The van der Waals surface area contributed by atoms with Crippen molar-refractivity contribution in [1.82, 2.24) is 0 Å². The first kappa shape index (κ1) is 20.9. The Hall–Kier alpha value is -6.16. The van der Waals surface area contributed by atoms with Gasteiger partial charge in [-0.3, -0.25) is 0 Å². The van der Waals surface area contributed by atoms with Crippen LogP contribution in [0.1, 0.15) is 8.27 Å². The molecule has 0 heteroatoms. The van der Waals surface area contributed by atoms with Crippen molar-refractivity contribution in [3.63, 3.8) is 0 Å². The molecular formula is C29H4. The molecule has 0 amide bonds. The first-order chi connectivity index (χ1) is 14.9. The lowest BCUT2D eigenvalue weighted by Gasteiger charge is -1.57. The van der Waals surface area contributed by atoms with Crippen molar-refractivity contribution in [3.05, 3.63) is 0 Å². The largest absolute Gasteiger partial charge is 0.106 e. The van der Waals surface area contributed by atoms with E-state index in [9.17, 15) is 0 Å². The van der Waals surface area contributed by atoms with E-state index in [2.05, 4.69) is 160 Å². The maximum absolute atomic E-state index is 6.78. The third-order valence-corrected chi connectivity index (χ3v) is 1.66. The summed E-state index contributed by atoms with van der Waals surface area (Å²) in [7, 11) is 0. The quantitative estimate of drug-likeness (QED) is 0.562. The van der Waals surface area contributed by atoms with Crippen LogP contribution < -0.4 is 0 Å². The predicted octanol–water partition coefficient (Wildman–Crippen LogP) is 0.684. The minimum absolute atomic E-state index is 0.0122. The second-order valence-corrected chi connectivity index (χ2v) is 3.45. The van der Waals surface area contributed by atoms with Gasteiger partial charge >= 0.3 is 0 Å². The van der Waals surface area contributed by atoms with Crippen LogP contribution in [-0.2, 0) is 0 Å². The Balaban J connectivity index is 4.44. The standard InChI is InChI=1S/C29H4/c1-3-5-7-9-11-13-15-17-19-21-23-25-27-29-28-26-24-22-20-18-16-14-12-10-8-6-4-2/h1H,2H3/i2T. The highest BCUT2D eigenvalue weighted by Gasteiger charge is 1.59. The van der Waals surface area contributed by atoms with Crippen molar-refractivity contribution in [2.45, 2.75) is 6.90 Å². The van der Waals surface area contributed by atoms with Crippen LogP contribution in [0.5, 0.6) is 0 Å². The van der Waals surface area contributed by atoms with E-state index in [1.54, 1.807) is 0 Å². The molecule has 0 heterocycles. The average molecular weight is 354 g/mol. The lowest BCUT2D eigenvalue weighted by atomic mass is 10.4. The van der Waals surface area contributed by atoms with Crippen LogP contribution in [0.4, 0.5) is 0 Å². The second kappa shape index (κ2) is 21.8. The van der Waals surface area contributed by atoms with E-state index in [1.807, 2.05) is 0 Å². The maximum Gasteiger partial charge on any atom is 0.0366 e. The van der Waals surface area contributed by atoms with Gasteiger partial charge < -0.3 is 0 Å². The molecule has 0 aromatic carbocycles. The molecule has 0 rings (SSSR count). The lowest BCUT2D eigenvalue weighted by Crippen LogP contribution is -1.57. The Morgan fingerprint density at radius 3 is 0.759 bits per heavy atom. The van der Waals surface area contributed by atoms with E-state index < -0.39 is 0 Å². The highest BCUT2D eigenvalue weighted by atomic mass is 13.6. The zero-order valence-electron chi connectivity index (χ0n) is 15.8. The van der Waals surface area contributed by atoms with E-state index in [1.165, 1.54) is 0 Å². The molecule has 0 atom stereocenters. The number of rotatable bonds is 0. The van der Waals surface area contributed by atoms with Crippen molar-refractivity contribution >= 4 is 0 Å². The predicted molar refractivity (Wildman–Crippen MR) is 116 cm³/mol. The summed E-state index contributed by atoms with van der Waals surface area (Å²) < 4.78 is 6.78. The van der Waals surface area contributed by atoms with Crippen molar-refractivity contribution in [2.24, 2.45) is 0 Å². The molecule has 120 valence electrons. The number of hydrogen-bond donors (Lipinski definition) is 0. The fourth-order valence-corrected chi connectivity index (χ4v) is 0.799. The SMILES string of the molecule is [3H]CC#CC#CC#CC#CC#CC#CC#CC#CC#CC#CC#CC#CC#CC#C. The molecule has 0 spiro atoms.